The predicted molar refractivity (Wildman–Crippen MR) is 107 cm³/mol. The molecule has 1 atom stereocenters. The lowest BCUT2D eigenvalue weighted by molar-refractivity contribution is -0.127. The van der Waals surface area contributed by atoms with Crippen LogP contribution < -0.4 is 5.32 Å². The molecule has 156 valence electrons. The van der Waals surface area contributed by atoms with Gasteiger partial charge in [0.2, 0.25) is 5.91 Å². The Kier molecular flexibility index (Phi) is 6.21. The average molecular weight is 411 g/mol. The van der Waals surface area contributed by atoms with Crippen molar-refractivity contribution in [2.24, 2.45) is 0 Å². The van der Waals surface area contributed by atoms with Crippen LogP contribution in [0.4, 0.5) is 5.82 Å². The third kappa shape index (κ3) is 3.85. The molecule has 2 aliphatic rings. The minimum atomic E-state index is -3.51. The lowest BCUT2D eigenvalue weighted by Crippen LogP contribution is -2.46. The summed E-state index contributed by atoms with van der Waals surface area (Å²) in [6, 6.07) is 0. The van der Waals surface area contributed by atoms with E-state index in [4.69, 9.17) is 9.97 Å². The van der Waals surface area contributed by atoms with E-state index in [9.17, 15) is 13.2 Å². The third-order valence-corrected chi connectivity index (χ3v) is 7.77. The van der Waals surface area contributed by atoms with Crippen LogP contribution in [0.5, 0.6) is 0 Å². The molecule has 3 rings (SSSR count). The van der Waals surface area contributed by atoms with Crippen molar-refractivity contribution in [3.05, 3.63) is 17.1 Å². The minimum absolute atomic E-state index is 0.0609. The van der Waals surface area contributed by atoms with Gasteiger partial charge in [-0.05, 0) is 12.8 Å². The van der Waals surface area contributed by atoms with Crippen molar-refractivity contribution in [3.8, 4) is 0 Å². The van der Waals surface area contributed by atoms with Crippen molar-refractivity contribution >= 4 is 21.9 Å². The van der Waals surface area contributed by atoms with Gasteiger partial charge in [0, 0.05) is 58.2 Å². The Labute approximate surface area is 167 Å². The number of aromatic nitrogens is 2. The Morgan fingerprint density at radius 2 is 1.96 bits per heavy atom. The molecule has 1 aromatic heterocycles. The first-order chi connectivity index (χ1) is 13.3. The van der Waals surface area contributed by atoms with Crippen LogP contribution in [-0.4, -0.2) is 77.6 Å². The molecule has 0 aromatic carbocycles. The molecule has 0 bridgehead atoms. The van der Waals surface area contributed by atoms with Crippen molar-refractivity contribution in [2.75, 3.05) is 45.1 Å². The Bertz CT molecular complexity index is 840. The topological polar surface area (TPSA) is 98.7 Å². The number of fused-ring (bicyclic) bond motifs is 1. The first-order valence-electron chi connectivity index (χ1n) is 9.89. The Morgan fingerprint density at radius 3 is 2.54 bits per heavy atom. The highest BCUT2D eigenvalue weighted by molar-refractivity contribution is 7.86. The molecular formula is C18H30N6O3S. The summed E-state index contributed by atoms with van der Waals surface area (Å²) in [5.41, 5.74) is 1.75. The van der Waals surface area contributed by atoms with Gasteiger partial charge in [-0.15, -0.1) is 0 Å². The summed E-state index contributed by atoms with van der Waals surface area (Å²) in [6.07, 6.45) is 1.40. The van der Waals surface area contributed by atoms with Gasteiger partial charge in [0.15, 0.2) is 0 Å². The number of hydrogen-bond donors (Lipinski definition) is 1. The van der Waals surface area contributed by atoms with Gasteiger partial charge < -0.3 is 10.2 Å². The highest BCUT2D eigenvalue weighted by Crippen LogP contribution is 2.31. The van der Waals surface area contributed by atoms with Gasteiger partial charge in [-0.2, -0.15) is 17.0 Å². The van der Waals surface area contributed by atoms with E-state index in [1.165, 1.54) is 8.61 Å². The molecule has 0 radical (unpaired) electrons. The number of carbonyl (C=O) groups excluding carboxylic acids is 1. The molecule has 3 heterocycles. The molecule has 10 heteroatoms. The fourth-order valence-corrected chi connectivity index (χ4v) is 5.57. The molecule has 0 saturated carbocycles. The number of carbonyl (C=O) groups is 1. The summed E-state index contributed by atoms with van der Waals surface area (Å²) in [6.45, 7) is 8.15. The van der Waals surface area contributed by atoms with Crippen LogP contribution in [0.15, 0.2) is 0 Å². The maximum Gasteiger partial charge on any atom is 0.282 e. The summed E-state index contributed by atoms with van der Waals surface area (Å²) in [7, 11) is -1.68. The molecule has 1 saturated heterocycles. The van der Waals surface area contributed by atoms with E-state index in [1.54, 1.807) is 6.92 Å². The first kappa shape index (κ1) is 20.9. The van der Waals surface area contributed by atoms with E-state index < -0.39 is 10.2 Å². The molecule has 1 amide bonds. The van der Waals surface area contributed by atoms with E-state index in [2.05, 4.69) is 5.32 Å². The number of nitrogens with zero attached hydrogens (tertiary/aromatic N) is 5. The van der Waals surface area contributed by atoms with Crippen molar-refractivity contribution in [3.63, 3.8) is 0 Å². The van der Waals surface area contributed by atoms with E-state index in [-0.39, 0.29) is 18.4 Å². The standard InChI is InChI=1S/C18H30N6O3S/c1-5-23(6-2)28(26,27)24-10-8-15-16(12-24)20-17(21-18(15)19-4)14-7-9-22(11-14)13(3)25/h14H,5-12H2,1-4H3,(H,19,20,21). The lowest BCUT2D eigenvalue weighted by atomic mass is 10.0. The molecule has 2 aliphatic heterocycles. The molecule has 1 unspecified atom stereocenters. The van der Waals surface area contributed by atoms with Crippen LogP contribution in [-0.2, 0) is 28.0 Å². The quantitative estimate of drug-likeness (QED) is 0.745. The van der Waals surface area contributed by atoms with Crippen molar-refractivity contribution in [1.29, 1.82) is 0 Å². The van der Waals surface area contributed by atoms with Crippen LogP contribution in [0.2, 0.25) is 0 Å². The zero-order valence-electron chi connectivity index (χ0n) is 17.1. The van der Waals surface area contributed by atoms with Crippen molar-refractivity contribution in [2.45, 2.75) is 46.1 Å². The zero-order chi connectivity index (χ0) is 20.5. The van der Waals surface area contributed by atoms with Crippen LogP contribution in [0.3, 0.4) is 0 Å². The van der Waals surface area contributed by atoms with Gasteiger partial charge in [-0.3, -0.25) is 4.79 Å². The van der Waals surface area contributed by atoms with E-state index in [0.717, 1.165) is 23.5 Å². The third-order valence-electron chi connectivity index (χ3n) is 5.64. The smallest absolute Gasteiger partial charge is 0.282 e. The minimum Gasteiger partial charge on any atom is -0.373 e. The number of hydrogen-bond acceptors (Lipinski definition) is 6. The number of anilines is 1. The molecule has 1 aromatic rings. The predicted octanol–water partition coefficient (Wildman–Crippen LogP) is 0.799. The zero-order valence-corrected chi connectivity index (χ0v) is 17.9. The monoisotopic (exact) mass is 410 g/mol. The first-order valence-corrected chi connectivity index (χ1v) is 11.3. The fourth-order valence-electron chi connectivity index (χ4n) is 3.98. The number of nitrogens with one attached hydrogen (secondary N) is 1. The fraction of sp³-hybridized carbons (Fsp3) is 0.722. The maximum atomic E-state index is 12.9. The second kappa shape index (κ2) is 8.30. The Morgan fingerprint density at radius 1 is 1.25 bits per heavy atom. The van der Waals surface area contributed by atoms with E-state index in [1.807, 2.05) is 25.8 Å². The van der Waals surface area contributed by atoms with Crippen LogP contribution in [0.1, 0.15) is 50.2 Å². The largest absolute Gasteiger partial charge is 0.373 e. The molecule has 28 heavy (non-hydrogen) atoms. The van der Waals surface area contributed by atoms with Gasteiger partial charge in [-0.25, -0.2) is 9.97 Å². The summed E-state index contributed by atoms with van der Waals surface area (Å²) >= 11 is 0. The summed E-state index contributed by atoms with van der Waals surface area (Å²) < 4.78 is 28.8. The highest BCUT2D eigenvalue weighted by atomic mass is 32.2. The lowest BCUT2D eigenvalue weighted by Gasteiger charge is -2.32. The van der Waals surface area contributed by atoms with Crippen LogP contribution in [0, 0.1) is 0 Å². The highest BCUT2D eigenvalue weighted by Gasteiger charge is 2.34. The van der Waals surface area contributed by atoms with Gasteiger partial charge in [0.05, 0.1) is 12.2 Å². The summed E-state index contributed by atoms with van der Waals surface area (Å²) in [5.74, 6) is 1.59. The van der Waals surface area contributed by atoms with Crippen LogP contribution in [0.25, 0.3) is 0 Å². The molecule has 0 spiro atoms. The Balaban J connectivity index is 1.90. The molecular weight excluding hydrogens is 380 g/mol. The van der Waals surface area contributed by atoms with Gasteiger partial charge >= 0.3 is 0 Å². The summed E-state index contributed by atoms with van der Waals surface area (Å²) in [4.78, 5) is 22.9. The maximum absolute atomic E-state index is 12.9. The molecule has 1 fully saturated rings. The van der Waals surface area contributed by atoms with E-state index in [0.29, 0.717) is 45.0 Å². The van der Waals surface area contributed by atoms with Gasteiger partial charge in [-0.1, -0.05) is 13.8 Å². The van der Waals surface area contributed by atoms with Crippen LogP contribution >= 0.6 is 0 Å². The Hall–Kier alpha value is -1.78. The average Bonchev–Trinajstić information content (AvgIpc) is 3.18. The number of likely N-dealkylation sites (tertiary alicyclic amines) is 1. The van der Waals surface area contributed by atoms with Crippen molar-refractivity contribution < 1.29 is 13.2 Å². The summed E-state index contributed by atoms with van der Waals surface area (Å²) in [5, 5.41) is 3.14. The normalized spacial score (nSPS) is 20.5. The number of rotatable bonds is 6. The van der Waals surface area contributed by atoms with E-state index >= 15 is 0 Å². The van der Waals surface area contributed by atoms with Gasteiger partial charge in [0.1, 0.15) is 11.6 Å². The second-order valence-electron chi connectivity index (χ2n) is 7.23. The van der Waals surface area contributed by atoms with Crippen molar-refractivity contribution in [1.82, 2.24) is 23.5 Å². The molecule has 0 aliphatic carbocycles. The molecule has 9 nitrogen and oxygen atoms in total. The van der Waals surface area contributed by atoms with Gasteiger partial charge in [0.25, 0.3) is 10.2 Å². The molecule has 1 N–H and O–H groups in total. The SMILES string of the molecule is CCN(CC)S(=O)(=O)N1CCc2c(nc(C3CCN(C(C)=O)C3)nc2NC)C1. The second-order valence-corrected chi connectivity index (χ2v) is 9.16. The number of amides is 1.